The van der Waals surface area contributed by atoms with Crippen LogP contribution in [0, 0.1) is 11.5 Å². The molecule has 0 saturated carbocycles. The number of phenolic OH excluding ortho intramolecular Hbond substituents is 1. The van der Waals surface area contributed by atoms with Crippen LogP contribution in [-0.4, -0.2) is 35.1 Å². The van der Waals surface area contributed by atoms with Crippen molar-refractivity contribution in [3.8, 4) is 23.4 Å². The van der Waals surface area contributed by atoms with Crippen molar-refractivity contribution in [3.05, 3.63) is 35.9 Å². The van der Waals surface area contributed by atoms with E-state index in [4.69, 9.17) is 19.2 Å². The van der Waals surface area contributed by atoms with E-state index in [2.05, 4.69) is 15.3 Å². The number of fused-ring (bicyclic) bond motifs is 1. The number of ketones is 1. The third kappa shape index (κ3) is 2.55. The largest absolute Gasteiger partial charge is 0.504 e. The van der Waals surface area contributed by atoms with E-state index in [1.54, 1.807) is 12.3 Å². The number of carbonyl (C=O) groups excluding carboxylic acids is 1. The summed E-state index contributed by atoms with van der Waals surface area (Å²) >= 11 is 0. The minimum absolute atomic E-state index is 0.0211. The van der Waals surface area contributed by atoms with E-state index in [0.29, 0.717) is 5.39 Å². The second-order valence-electron chi connectivity index (χ2n) is 4.81. The molecule has 0 bridgehead atoms. The number of rotatable bonds is 5. The fourth-order valence-corrected chi connectivity index (χ4v) is 2.44. The summed E-state index contributed by atoms with van der Waals surface area (Å²) in [6, 6.07) is 1.60. The van der Waals surface area contributed by atoms with Gasteiger partial charge >= 0.3 is 0 Å². The van der Waals surface area contributed by atoms with Gasteiger partial charge in [0.25, 0.3) is 0 Å². The second kappa shape index (κ2) is 6.37. The zero-order valence-corrected chi connectivity index (χ0v) is 13.2. The molecule has 0 atom stereocenters. The molecule has 2 heterocycles. The number of nitriles is 1. The Balaban J connectivity index is 2.18. The van der Waals surface area contributed by atoms with Crippen LogP contribution in [0.25, 0.3) is 11.0 Å². The summed E-state index contributed by atoms with van der Waals surface area (Å²) in [5, 5.41) is 21.8. The maximum Gasteiger partial charge on any atom is 0.236 e. The summed E-state index contributed by atoms with van der Waals surface area (Å²) < 4.78 is 15.8. The third-order valence-electron chi connectivity index (χ3n) is 3.51. The number of benzene rings is 1. The van der Waals surface area contributed by atoms with E-state index >= 15 is 0 Å². The molecule has 9 heteroatoms. The number of nitrogens with one attached hydrogen (secondary N) is 1. The first kappa shape index (κ1) is 16.1. The summed E-state index contributed by atoms with van der Waals surface area (Å²) in [6.45, 7) is 0. The SMILES string of the molecule is COc1c(C(=O)c2cnc(NC#N)nc2)c(O)c(OC)c2occc12. The number of hydrogen-bond acceptors (Lipinski definition) is 9. The van der Waals surface area contributed by atoms with Crippen LogP contribution < -0.4 is 14.8 Å². The standard InChI is InChI=1S/C16H12N4O5/c1-23-13-9-3-4-25-14(9)15(24-2)12(22)10(13)11(21)8-5-18-16(19-6-8)20-7-17/h3-6,22H,1-2H3,(H,18,19,20). The van der Waals surface area contributed by atoms with Gasteiger partial charge in [-0.25, -0.2) is 9.97 Å². The molecule has 3 rings (SSSR count). The Bertz CT molecular complexity index is 988. The Morgan fingerprint density at radius 3 is 2.56 bits per heavy atom. The lowest BCUT2D eigenvalue weighted by molar-refractivity contribution is 0.103. The fraction of sp³-hybridized carbons (Fsp3) is 0.125. The normalized spacial score (nSPS) is 10.3. The van der Waals surface area contributed by atoms with E-state index in [1.807, 2.05) is 0 Å². The number of carbonyl (C=O) groups is 1. The third-order valence-corrected chi connectivity index (χ3v) is 3.51. The van der Waals surface area contributed by atoms with E-state index in [1.165, 1.54) is 32.9 Å². The number of aromatic hydroxyl groups is 1. The van der Waals surface area contributed by atoms with E-state index in [-0.39, 0.29) is 34.2 Å². The van der Waals surface area contributed by atoms with Crippen LogP contribution in [0.3, 0.4) is 0 Å². The summed E-state index contributed by atoms with van der Waals surface area (Å²) in [6.07, 6.45) is 5.55. The lowest BCUT2D eigenvalue weighted by Gasteiger charge is -2.14. The minimum Gasteiger partial charge on any atom is -0.504 e. The van der Waals surface area contributed by atoms with E-state index < -0.39 is 11.5 Å². The quantitative estimate of drug-likeness (QED) is 0.407. The van der Waals surface area contributed by atoms with Crippen molar-refractivity contribution in [2.45, 2.75) is 0 Å². The molecule has 0 aliphatic heterocycles. The highest BCUT2D eigenvalue weighted by atomic mass is 16.5. The van der Waals surface area contributed by atoms with Crippen LogP contribution in [0.2, 0.25) is 0 Å². The van der Waals surface area contributed by atoms with Crippen molar-refractivity contribution in [2.75, 3.05) is 19.5 Å². The van der Waals surface area contributed by atoms with Crippen LogP contribution in [-0.2, 0) is 0 Å². The van der Waals surface area contributed by atoms with Crippen LogP contribution in [0.15, 0.2) is 29.1 Å². The molecular formula is C16H12N4O5. The Morgan fingerprint density at radius 1 is 1.28 bits per heavy atom. The molecular weight excluding hydrogens is 328 g/mol. The predicted octanol–water partition coefficient (Wildman–Crippen LogP) is 2.07. The zero-order chi connectivity index (χ0) is 18.0. The van der Waals surface area contributed by atoms with Gasteiger partial charge in [-0.05, 0) is 6.07 Å². The molecule has 3 aromatic rings. The molecule has 0 saturated heterocycles. The fourth-order valence-electron chi connectivity index (χ4n) is 2.44. The number of anilines is 1. The molecule has 2 aromatic heterocycles. The minimum atomic E-state index is -0.570. The second-order valence-corrected chi connectivity index (χ2v) is 4.81. The van der Waals surface area contributed by atoms with Gasteiger partial charge in [0.15, 0.2) is 17.5 Å². The lowest BCUT2D eigenvalue weighted by atomic mass is 10.0. The van der Waals surface area contributed by atoms with Gasteiger partial charge in [-0.3, -0.25) is 10.1 Å². The number of aromatic nitrogens is 2. The average molecular weight is 340 g/mol. The predicted molar refractivity (Wildman–Crippen MR) is 85.7 cm³/mol. The molecule has 126 valence electrons. The maximum atomic E-state index is 12.9. The van der Waals surface area contributed by atoms with Gasteiger partial charge in [0.2, 0.25) is 17.5 Å². The lowest BCUT2D eigenvalue weighted by Crippen LogP contribution is -2.08. The molecule has 0 amide bonds. The molecule has 0 fully saturated rings. The number of hydrogen-bond donors (Lipinski definition) is 2. The van der Waals surface area contributed by atoms with Gasteiger partial charge in [-0.2, -0.15) is 5.26 Å². The van der Waals surface area contributed by atoms with Crippen molar-refractivity contribution in [3.63, 3.8) is 0 Å². The average Bonchev–Trinajstić information content (AvgIpc) is 3.10. The molecule has 0 unspecified atom stereocenters. The Labute approximate surface area is 141 Å². The van der Waals surface area contributed by atoms with Gasteiger partial charge in [0.05, 0.1) is 31.4 Å². The van der Waals surface area contributed by atoms with E-state index in [0.717, 1.165) is 0 Å². The van der Waals surface area contributed by atoms with Gasteiger partial charge in [-0.15, -0.1) is 0 Å². The smallest absolute Gasteiger partial charge is 0.236 e. The van der Waals surface area contributed by atoms with E-state index in [9.17, 15) is 9.90 Å². The number of nitrogens with zero attached hydrogens (tertiary/aromatic N) is 3. The van der Waals surface area contributed by atoms with Crippen molar-refractivity contribution in [2.24, 2.45) is 0 Å². The number of methoxy groups -OCH3 is 2. The molecule has 9 nitrogen and oxygen atoms in total. The Hall–Kier alpha value is -3.80. The summed E-state index contributed by atoms with van der Waals surface area (Å²) in [4.78, 5) is 20.6. The highest BCUT2D eigenvalue weighted by Gasteiger charge is 2.28. The molecule has 0 aliphatic carbocycles. The Morgan fingerprint density at radius 2 is 1.96 bits per heavy atom. The molecule has 0 radical (unpaired) electrons. The summed E-state index contributed by atoms with van der Waals surface area (Å²) in [7, 11) is 2.73. The van der Waals surface area contributed by atoms with Crippen molar-refractivity contribution in [1.82, 2.24) is 9.97 Å². The molecule has 0 spiro atoms. The maximum absolute atomic E-state index is 12.9. The van der Waals surface area contributed by atoms with Gasteiger partial charge in [0.1, 0.15) is 11.3 Å². The molecule has 25 heavy (non-hydrogen) atoms. The van der Waals surface area contributed by atoms with Crippen molar-refractivity contribution >= 4 is 22.7 Å². The summed E-state index contributed by atoms with van der Waals surface area (Å²) in [5.74, 6) is -0.762. The first-order valence-electron chi connectivity index (χ1n) is 6.98. The molecule has 2 N–H and O–H groups in total. The first-order chi connectivity index (χ1) is 12.1. The number of phenols is 1. The topological polar surface area (TPSA) is 130 Å². The summed E-state index contributed by atoms with van der Waals surface area (Å²) in [5.41, 5.74) is 0.262. The van der Waals surface area contributed by atoms with Crippen molar-refractivity contribution in [1.29, 1.82) is 5.26 Å². The molecule has 0 aliphatic rings. The highest BCUT2D eigenvalue weighted by molar-refractivity contribution is 6.16. The molecule has 1 aromatic carbocycles. The van der Waals surface area contributed by atoms with Crippen LogP contribution >= 0.6 is 0 Å². The van der Waals surface area contributed by atoms with Crippen LogP contribution in [0.5, 0.6) is 17.2 Å². The van der Waals surface area contributed by atoms with Crippen LogP contribution in [0.1, 0.15) is 15.9 Å². The number of ether oxygens (including phenoxy) is 2. The zero-order valence-electron chi connectivity index (χ0n) is 13.2. The highest BCUT2D eigenvalue weighted by Crippen LogP contribution is 2.46. The van der Waals surface area contributed by atoms with Gasteiger partial charge < -0.3 is 19.0 Å². The monoisotopic (exact) mass is 340 g/mol. The van der Waals surface area contributed by atoms with Gasteiger partial charge in [0, 0.05) is 12.4 Å². The van der Waals surface area contributed by atoms with Crippen LogP contribution in [0.4, 0.5) is 5.95 Å². The number of furan rings is 1. The Kier molecular flexibility index (Phi) is 4.09. The first-order valence-corrected chi connectivity index (χ1v) is 6.98. The van der Waals surface area contributed by atoms with Crippen molar-refractivity contribution < 1.29 is 23.8 Å². The van der Waals surface area contributed by atoms with Gasteiger partial charge in [-0.1, -0.05) is 0 Å².